The third-order valence-corrected chi connectivity index (χ3v) is 4.88. The lowest BCUT2D eigenvalue weighted by molar-refractivity contribution is -0.183. The molecule has 0 radical (unpaired) electrons. The van der Waals surface area contributed by atoms with Crippen molar-refractivity contribution in [3.8, 4) is 0 Å². The molecule has 1 aliphatic carbocycles. The number of nitrogens with zero attached hydrogens (tertiary/aromatic N) is 3. The van der Waals surface area contributed by atoms with E-state index in [0.29, 0.717) is 25.5 Å². The van der Waals surface area contributed by atoms with Crippen LogP contribution >= 0.6 is 24.0 Å². The standard InChI is InChI=1S/C17H28F3N5.HI/c1-5-21-16(22-10-15-11(2)24-25(4)12(15)3)23-14-8-6-7-13(9-14)17(18,19)20;/h13-14H,5-10H2,1-4H3,(H2,21,22,23);1H. The molecule has 0 bridgehead atoms. The molecular formula is C17H29F3IN5. The smallest absolute Gasteiger partial charge is 0.357 e. The van der Waals surface area contributed by atoms with Crippen LogP contribution in [0.25, 0.3) is 0 Å². The van der Waals surface area contributed by atoms with Gasteiger partial charge in [-0.25, -0.2) is 4.99 Å². The van der Waals surface area contributed by atoms with E-state index in [0.717, 1.165) is 23.4 Å². The Balaban J connectivity index is 0.00000338. The van der Waals surface area contributed by atoms with E-state index in [1.165, 1.54) is 0 Å². The van der Waals surface area contributed by atoms with Crippen molar-refractivity contribution in [2.24, 2.45) is 18.0 Å². The summed E-state index contributed by atoms with van der Waals surface area (Å²) in [5, 5.41) is 10.7. The monoisotopic (exact) mass is 487 g/mol. The van der Waals surface area contributed by atoms with Crippen LogP contribution in [0.1, 0.15) is 49.6 Å². The molecule has 1 aromatic heterocycles. The van der Waals surface area contributed by atoms with Crippen molar-refractivity contribution in [3.63, 3.8) is 0 Å². The number of hydrogen-bond acceptors (Lipinski definition) is 2. The van der Waals surface area contributed by atoms with E-state index in [-0.39, 0.29) is 42.9 Å². The lowest BCUT2D eigenvalue weighted by Crippen LogP contribution is -2.46. The van der Waals surface area contributed by atoms with Gasteiger partial charge in [0.1, 0.15) is 0 Å². The van der Waals surface area contributed by atoms with Crippen molar-refractivity contribution in [1.29, 1.82) is 0 Å². The summed E-state index contributed by atoms with van der Waals surface area (Å²) >= 11 is 0. The predicted octanol–water partition coefficient (Wildman–Crippen LogP) is 3.83. The summed E-state index contributed by atoms with van der Waals surface area (Å²) in [6.45, 7) is 6.98. The second-order valence-corrected chi connectivity index (χ2v) is 6.71. The van der Waals surface area contributed by atoms with Crippen LogP contribution < -0.4 is 10.6 Å². The summed E-state index contributed by atoms with van der Waals surface area (Å²) in [5.41, 5.74) is 3.03. The van der Waals surface area contributed by atoms with E-state index in [1.807, 2.05) is 32.5 Å². The maximum absolute atomic E-state index is 13.0. The van der Waals surface area contributed by atoms with E-state index < -0.39 is 12.1 Å². The third kappa shape index (κ3) is 6.02. The van der Waals surface area contributed by atoms with Crippen LogP contribution in [-0.4, -0.2) is 34.5 Å². The molecular weight excluding hydrogens is 458 g/mol. The number of aromatic nitrogens is 2. The van der Waals surface area contributed by atoms with E-state index in [2.05, 4.69) is 20.7 Å². The van der Waals surface area contributed by atoms with Gasteiger partial charge in [0.2, 0.25) is 0 Å². The Morgan fingerprint density at radius 3 is 2.54 bits per heavy atom. The fourth-order valence-corrected chi connectivity index (χ4v) is 3.34. The summed E-state index contributed by atoms with van der Waals surface area (Å²) in [7, 11) is 1.89. The Hall–Kier alpha value is -1.00. The molecule has 2 unspecified atom stereocenters. The normalized spacial score (nSPS) is 21.3. The highest BCUT2D eigenvalue weighted by molar-refractivity contribution is 14.0. The van der Waals surface area contributed by atoms with E-state index in [1.54, 1.807) is 0 Å². The maximum Gasteiger partial charge on any atom is 0.391 e. The molecule has 0 spiro atoms. The van der Waals surface area contributed by atoms with Crippen LogP contribution in [-0.2, 0) is 13.6 Å². The number of nitrogens with one attached hydrogen (secondary N) is 2. The van der Waals surface area contributed by atoms with Gasteiger partial charge in [0.05, 0.1) is 18.2 Å². The van der Waals surface area contributed by atoms with Crippen molar-refractivity contribution in [1.82, 2.24) is 20.4 Å². The Labute approximate surface area is 170 Å². The van der Waals surface area contributed by atoms with Gasteiger partial charge in [0.15, 0.2) is 5.96 Å². The first-order chi connectivity index (χ1) is 11.7. The minimum atomic E-state index is -4.11. The number of guanidine groups is 1. The second kappa shape index (κ2) is 9.80. The third-order valence-electron chi connectivity index (χ3n) is 4.88. The molecule has 2 N–H and O–H groups in total. The van der Waals surface area contributed by atoms with Crippen LogP contribution in [0.5, 0.6) is 0 Å². The SMILES string of the molecule is CCNC(=NCc1c(C)nn(C)c1C)NC1CCCC(C(F)(F)F)C1.I. The highest BCUT2D eigenvalue weighted by atomic mass is 127. The summed E-state index contributed by atoms with van der Waals surface area (Å²) in [4.78, 5) is 4.56. The molecule has 1 fully saturated rings. The van der Waals surface area contributed by atoms with Crippen LogP contribution in [0, 0.1) is 19.8 Å². The van der Waals surface area contributed by atoms with Crippen LogP contribution in [0.2, 0.25) is 0 Å². The predicted molar refractivity (Wildman–Crippen MR) is 108 cm³/mol. The van der Waals surface area contributed by atoms with Gasteiger partial charge in [-0.3, -0.25) is 4.68 Å². The van der Waals surface area contributed by atoms with Crippen molar-refractivity contribution >= 4 is 29.9 Å². The number of rotatable bonds is 4. The first kappa shape index (κ1) is 23.0. The molecule has 0 aliphatic heterocycles. The zero-order valence-corrected chi connectivity index (χ0v) is 18.1. The van der Waals surface area contributed by atoms with Crippen molar-refractivity contribution in [2.45, 2.75) is 65.2 Å². The van der Waals surface area contributed by atoms with Gasteiger partial charge in [-0.1, -0.05) is 6.42 Å². The topological polar surface area (TPSA) is 54.2 Å². The first-order valence-corrected chi connectivity index (χ1v) is 8.83. The Morgan fingerprint density at radius 2 is 2.00 bits per heavy atom. The Kier molecular flexibility index (Phi) is 8.68. The molecule has 1 heterocycles. The molecule has 0 saturated heterocycles. The second-order valence-electron chi connectivity index (χ2n) is 6.71. The van der Waals surface area contributed by atoms with E-state index >= 15 is 0 Å². The molecule has 150 valence electrons. The highest BCUT2D eigenvalue weighted by Gasteiger charge is 2.42. The lowest BCUT2D eigenvalue weighted by Gasteiger charge is -2.31. The van der Waals surface area contributed by atoms with Crippen LogP contribution in [0.15, 0.2) is 4.99 Å². The molecule has 2 rings (SSSR count). The minimum Gasteiger partial charge on any atom is -0.357 e. The molecule has 1 aromatic rings. The number of aryl methyl sites for hydroxylation is 2. The highest BCUT2D eigenvalue weighted by Crippen LogP contribution is 2.37. The quantitative estimate of drug-likeness (QED) is 0.386. The largest absolute Gasteiger partial charge is 0.391 e. The fourth-order valence-electron chi connectivity index (χ4n) is 3.34. The lowest BCUT2D eigenvalue weighted by atomic mass is 9.85. The van der Waals surface area contributed by atoms with Crippen LogP contribution in [0.4, 0.5) is 13.2 Å². The maximum atomic E-state index is 13.0. The summed E-state index contributed by atoms with van der Waals surface area (Å²) < 4.78 is 40.7. The van der Waals surface area contributed by atoms with Gasteiger partial charge >= 0.3 is 6.18 Å². The minimum absolute atomic E-state index is 0. The zero-order chi connectivity index (χ0) is 18.6. The first-order valence-electron chi connectivity index (χ1n) is 8.83. The molecule has 9 heteroatoms. The van der Waals surface area contributed by atoms with Gasteiger partial charge in [0, 0.05) is 30.9 Å². The summed E-state index contributed by atoms with van der Waals surface area (Å²) in [5.74, 6) is -0.651. The van der Waals surface area contributed by atoms with Gasteiger partial charge in [-0.15, -0.1) is 24.0 Å². The van der Waals surface area contributed by atoms with Gasteiger partial charge in [0.25, 0.3) is 0 Å². The molecule has 1 saturated carbocycles. The zero-order valence-electron chi connectivity index (χ0n) is 15.8. The number of aliphatic imine (C=N–C) groups is 1. The van der Waals surface area contributed by atoms with Crippen molar-refractivity contribution in [3.05, 3.63) is 17.0 Å². The van der Waals surface area contributed by atoms with E-state index in [4.69, 9.17) is 0 Å². The van der Waals surface area contributed by atoms with Gasteiger partial charge in [-0.2, -0.15) is 18.3 Å². The van der Waals surface area contributed by atoms with Crippen molar-refractivity contribution in [2.75, 3.05) is 6.54 Å². The Bertz CT molecular complexity index is 612. The van der Waals surface area contributed by atoms with E-state index in [9.17, 15) is 13.2 Å². The average molecular weight is 487 g/mol. The number of hydrogen-bond donors (Lipinski definition) is 2. The molecule has 0 aromatic carbocycles. The fraction of sp³-hybridized carbons (Fsp3) is 0.765. The van der Waals surface area contributed by atoms with Gasteiger partial charge < -0.3 is 10.6 Å². The number of halogens is 4. The Morgan fingerprint density at radius 1 is 1.31 bits per heavy atom. The molecule has 1 aliphatic rings. The summed E-state index contributed by atoms with van der Waals surface area (Å²) in [6, 6.07) is -0.200. The summed E-state index contributed by atoms with van der Waals surface area (Å²) in [6.07, 6.45) is -2.45. The van der Waals surface area contributed by atoms with Crippen LogP contribution in [0.3, 0.4) is 0 Å². The van der Waals surface area contributed by atoms with Gasteiger partial charge in [-0.05, 0) is 40.0 Å². The molecule has 5 nitrogen and oxygen atoms in total. The molecule has 0 amide bonds. The molecule has 2 atom stereocenters. The average Bonchev–Trinajstić information content (AvgIpc) is 2.77. The van der Waals surface area contributed by atoms with Crippen molar-refractivity contribution < 1.29 is 13.2 Å². The number of alkyl halides is 3. The molecule has 26 heavy (non-hydrogen) atoms.